The van der Waals surface area contributed by atoms with E-state index in [1.54, 1.807) is 74.7 Å². The van der Waals surface area contributed by atoms with Gasteiger partial charge < -0.3 is 4.74 Å². The Morgan fingerprint density at radius 1 is 0.563 bits per heavy atom. The molecule has 0 fully saturated rings. The number of benzene rings is 7. The molecule has 0 unspecified atom stereocenters. The lowest BCUT2D eigenvalue weighted by Gasteiger charge is -2.09. The third-order valence-electron chi connectivity index (χ3n) is 11.2. The molecule has 0 atom stereocenters. The van der Waals surface area contributed by atoms with Gasteiger partial charge in [0.15, 0.2) is 0 Å². The van der Waals surface area contributed by atoms with Crippen LogP contribution in [0.2, 0.25) is 0 Å². The Kier molecular flexibility index (Phi) is 11.8. The molecule has 71 heavy (non-hydrogen) atoms. The van der Waals surface area contributed by atoms with Crippen molar-refractivity contribution in [2.75, 3.05) is 7.11 Å². The molecular formula is C42H30N8O16S5. The van der Waals surface area contributed by atoms with Crippen molar-refractivity contribution in [3.8, 4) is 17.1 Å². The van der Waals surface area contributed by atoms with Gasteiger partial charge >= 0.3 is 21.2 Å². The summed E-state index contributed by atoms with van der Waals surface area (Å²) in [5, 5.41) is 11.3. The monoisotopic (exact) mass is 1060 g/mol. The van der Waals surface area contributed by atoms with Crippen molar-refractivity contribution >= 4 is 119 Å². The zero-order chi connectivity index (χ0) is 51.1. The van der Waals surface area contributed by atoms with E-state index in [0.717, 1.165) is 39.5 Å². The van der Waals surface area contributed by atoms with Crippen molar-refractivity contribution in [3.05, 3.63) is 132 Å². The Labute approximate surface area is 401 Å². The number of fused-ring (bicyclic) bond motifs is 12. The molecule has 0 radical (unpaired) electrons. The van der Waals surface area contributed by atoms with Crippen molar-refractivity contribution in [3.63, 3.8) is 0 Å². The minimum Gasteiger partial charge on any atom is -0.494 e. The van der Waals surface area contributed by atoms with Gasteiger partial charge in [-0.2, -0.15) is 40.3 Å². The number of aromatic nitrogens is 6. The third-order valence-corrected chi connectivity index (χ3v) is 13.8. The molecule has 0 amide bonds. The number of azo groups is 1. The Hall–Kier alpha value is -8.03. The molecule has 0 saturated heterocycles. The fraction of sp³-hybridized carbons (Fsp3) is 0.0476. The lowest BCUT2D eigenvalue weighted by Crippen LogP contribution is -2.04. The summed E-state index contributed by atoms with van der Waals surface area (Å²) in [7, 11) is -18.8. The van der Waals surface area contributed by atoms with Gasteiger partial charge in [-0.3, -0.25) is 13.7 Å². The van der Waals surface area contributed by atoms with Crippen molar-refractivity contribution in [1.29, 1.82) is 0 Å². The quantitative estimate of drug-likeness (QED) is 0.0792. The lowest BCUT2D eigenvalue weighted by molar-refractivity contribution is 0.412. The summed E-state index contributed by atoms with van der Waals surface area (Å²) in [6.07, 6.45) is 3.34. The molecule has 11 rings (SSSR count). The van der Waals surface area contributed by atoms with Gasteiger partial charge in [0.1, 0.15) is 43.3 Å². The fourth-order valence-electron chi connectivity index (χ4n) is 8.12. The van der Waals surface area contributed by atoms with Crippen LogP contribution in [0.5, 0.6) is 5.75 Å². The SMILES string of the molecule is COc1cc(N=Nc2ccc(C=Cc3ccc(-n4n5c6ccc7ccccc7c6n45)cc3S(=O)(=O)O)cc2)c(C)cc1-n1n2c3cc(S(=O)(=O)O)c4cc(S(=O)(=O)O)ccc4c3n12.O=S(=O)=O.O=S(=O)=O. The molecule has 4 heterocycles. The summed E-state index contributed by atoms with van der Waals surface area (Å²) in [6.45, 7) is 1.83. The normalized spacial score (nSPS) is 12.6. The highest BCUT2D eigenvalue weighted by molar-refractivity contribution is 7.86. The highest BCUT2D eigenvalue weighted by atomic mass is 32.2. The van der Waals surface area contributed by atoms with Crippen molar-refractivity contribution in [1.82, 2.24) is 28.1 Å². The van der Waals surface area contributed by atoms with Gasteiger partial charge in [0.25, 0.3) is 30.4 Å². The molecule has 3 N–H and O–H groups in total. The van der Waals surface area contributed by atoms with Crippen LogP contribution >= 0.6 is 0 Å². The minimum atomic E-state index is -4.80. The lowest BCUT2D eigenvalue weighted by atomic mass is 10.1. The smallest absolute Gasteiger partial charge is 0.425 e. The summed E-state index contributed by atoms with van der Waals surface area (Å²) in [6, 6.07) is 32.2. The Morgan fingerprint density at radius 2 is 1.20 bits per heavy atom. The Bertz CT molecular complexity index is 4580. The maximum Gasteiger partial charge on any atom is 0.425 e. The second kappa shape index (κ2) is 17.4. The standard InChI is InChI=1S/C42H30N8O10S3.2O3S/c1-24-19-36(47-48-37-23-40(63(57,58)59)33-21-30(61(51,52)53)16-17-32(33)42(37)50(47)48)38(60-2)22-34(24)44-43-28-13-8-25(9-14-28)7-10-27-11-15-29(20-39(27)62(54,55)56)45-46-35-18-12-26-5-3-4-6-31(26)41(35)49(45)46;2*1-4(2)3/h3-23H,1-2H3,(H,51,52,53)(H,54,55,56)(H,57,58,59);;. The van der Waals surface area contributed by atoms with Crippen LogP contribution in [0.1, 0.15) is 16.7 Å². The highest BCUT2D eigenvalue weighted by Gasteiger charge is 2.32. The largest absolute Gasteiger partial charge is 0.494 e. The first-order valence-corrected chi connectivity index (χ1v) is 26.2. The number of hydrogen-bond acceptors (Lipinski definition) is 15. The van der Waals surface area contributed by atoms with Crippen LogP contribution in [-0.4, -0.2) is 99.4 Å². The van der Waals surface area contributed by atoms with Crippen LogP contribution in [0.3, 0.4) is 0 Å². The zero-order valence-electron chi connectivity index (χ0n) is 35.9. The number of ether oxygens (including phenoxy) is 1. The van der Waals surface area contributed by atoms with Crippen LogP contribution in [-0.2, 0) is 51.6 Å². The van der Waals surface area contributed by atoms with Crippen molar-refractivity contribution in [2.45, 2.75) is 21.6 Å². The second-order valence-electron chi connectivity index (χ2n) is 15.3. The van der Waals surface area contributed by atoms with E-state index in [-0.39, 0.29) is 10.3 Å². The molecule has 0 saturated carbocycles. The van der Waals surface area contributed by atoms with Gasteiger partial charge in [-0.05, 0) is 83.6 Å². The van der Waals surface area contributed by atoms with Gasteiger partial charge in [0.05, 0.1) is 29.1 Å². The summed E-state index contributed by atoms with van der Waals surface area (Å²) in [5.41, 5.74) is 6.88. The predicted octanol–water partition coefficient (Wildman–Crippen LogP) is 6.10. The Balaban J connectivity index is 0.000000728. The Morgan fingerprint density at radius 3 is 1.85 bits per heavy atom. The first-order valence-electron chi connectivity index (χ1n) is 19.9. The maximum absolute atomic E-state index is 12.6. The van der Waals surface area contributed by atoms with E-state index in [1.165, 1.54) is 25.3 Å². The van der Waals surface area contributed by atoms with Gasteiger partial charge in [-0.25, -0.2) is 0 Å². The number of nitrogens with zero attached hydrogens (tertiary/aromatic N) is 8. The third kappa shape index (κ3) is 8.93. The minimum absolute atomic E-state index is 0.0889. The van der Waals surface area contributed by atoms with Crippen LogP contribution in [0, 0.1) is 6.92 Å². The second-order valence-corrected chi connectivity index (χ2v) is 20.3. The highest BCUT2D eigenvalue weighted by Crippen LogP contribution is 2.41. The number of rotatable bonds is 10. The molecule has 0 aliphatic heterocycles. The number of methoxy groups -OCH3 is 1. The van der Waals surface area contributed by atoms with E-state index in [4.69, 9.17) is 30.0 Å². The molecule has 29 heteroatoms. The van der Waals surface area contributed by atoms with Crippen molar-refractivity contribution in [2.24, 2.45) is 10.2 Å². The van der Waals surface area contributed by atoms with E-state index in [1.807, 2.05) is 57.4 Å². The first-order chi connectivity index (χ1) is 33.5. The molecule has 0 aliphatic rings. The molecular weight excluding hydrogens is 1030 g/mol. The average Bonchev–Trinajstić information content (AvgIpc) is 4.16. The first kappa shape index (κ1) is 48.0. The number of aryl methyl sites for hydroxylation is 1. The van der Waals surface area contributed by atoms with E-state index >= 15 is 0 Å². The van der Waals surface area contributed by atoms with Gasteiger partial charge in [-0.1, -0.05) is 66.7 Å². The van der Waals surface area contributed by atoms with E-state index in [2.05, 4.69) is 10.2 Å². The van der Waals surface area contributed by atoms with E-state index in [9.17, 15) is 38.9 Å². The molecule has 0 bridgehead atoms. The summed E-state index contributed by atoms with van der Waals surface area (Å²) < 4.78 is 167. The molecule has 7 aromatic carbocycles. The van der Waals surface area contributed by atoms with E-state index in [0.29, 0.717) is 56.0 Å². The molecule has 4 aromatic heterocycles. The molecule has 11 aromatic rings. The van der Waals surface area contributed by atoms with Gasteiger partial charge in [-0.15, -0.1) is 48.6 Å². The van der Waals surface area contributed by atoms with Crippen LogP contribution in [0.4, 0.5) is 11.4 Å². The predicted molar refractivity (Wildman–Crippen MR) is 252 cm³/mol. The number of hydrogen-bond donors (Lipinski definition) is 3. The van der Waals surface area contributed by atoms with Crippen molar-refractivity contribution < 1.29 is 68.9 Å². The van der Waals surface area contributed by atoms with Crippen LogP contribution < -0.4 is 4.74 Å². The molecule has 24 nitrogen and oxygen atoms in total. The fourth-order valence-corrected chi connectivity index (χ4v) is 10.0. The molecule has 0 aliphatic carbocycles. The van der Waals surface area contributed by atoms with Gasteiger partial charge in [0.2, 0.25) is 0 Å². The maximum atomic E-state index is 12.6. The van der Waals surface area contributed by atoms with Crippen LogP contribution in [0.15, 0.2) is 140 Å². The molecule has 0 spiro atoms. The van der Waals surface area contributed by atoms with Crippen LogP contribution in [0.25, 0.3) is 67.1 Å². The van der Waals surface area contributed by atoms with E-state index < -0.39 is 61.4 Å². The summed E-state index contributed by atoms with van der Waals surface area (Å²) >= 11 is 0. The molecule has 364 valence electrons. The average molecular weight is 1060 g/mol. The summed E-state index contributed by atoms with van der Waals surface area (Å²) in [5.74, 6) is 0.399. The van der Waals surface area contributed by atoms with Gasteiger partial charge in [0, 0.05) is 22.2 Å². The summed E-state index contributed by atoms with van der Waals surface area (Å²) in [4.78, 5) is 2.25. The topological polar surface area (TPSA) is 327 Å². The zero-order valence-corrected chi connectivity index (χ0v) is 40.0.